The van der Waals surface area contributed by atoms with E-state index in [1.807, 2.05) is 49.4 Å². The van der Waals surface area contributed by atoms with Crippen molar-refractivity contribution < 1.29 is 9.47 Å². The van der Waals surface area contributed by atoms with Gasteiger partial charge in [-0.05, 0) is 54.4 Å². The van der Waals surface area contributed by atoms with Crippen LogP contribution in [-0.4, -0.2) is 11.6 Å². The molecule has 0 amide bonds. The third kappa shape index (κ3) is 5.86. The fourth-order valence-corrected chi connectivity index (χ4v) is 3.00. The molecule has 0 aliphatic carbocycles. The molecule has 2 aromatic carbocycles. The van der Waals surface area contributed by atoms with Crippen LogP contribution < -0.4 is 14.8 Å². The zero-order valence-corrected chi connectivity index (χ0v) is 17.1. The normalized spacial score (nSPS) is 10.7. The highest BCUT2D eigenvalue weighted by atomic mass is 35.5. The van der Waals surface area contributed by atoms with Gasteiger partial charge in [0.1, 0.15) is 6.61 Å². The van der Waals surface area contributed by atoms with E-state index < -0.39 is 0 Å². The lowest BCUT2D eigenvalue weighted by atomic mass is 10.2. The van der Waals surface area contributed by atoms with E-state index in [1.54, 1.807) is 18.3 Å². The van der Waals surface area contributed by atoms with E-state index >= 15 is 0 Å². The first-order valence-corrected chi connectivity index (χ1v) is 9.84. The number of hydrogen-bond acceptors (Lipinski definition) is 4. The van der Waals surface area contributed by atoms with Crippen LogP contribution in [0.4, 0.5) is 0 Å². The molecule has 1 aromatic heterocycles. The second-order valence-corrected chi connectivity index (χ2v) is 6.99. The second-order valence-electron chi connectivity index (χ2n) is 6.18. The maximum atomic E-state index is 6.07. The number of halogens is 2. The van der Waals surface area contributed by atoms with Gasteiger partial charge >= 0.3 is 0 Å². The van der Waals surface area contributed by atoms with E-state index in [9.17, 15) is 0 Å². The van der Waals surface area contributed by atoms with E-state index in [2.05, 4.69) is 10.3 Å². The number of nitrogens with one attached hydrogen (secondary N) is 1. The Balaban J connectivity index is 1.62. The smallest absolute Gasteiger partial charge is 0.161 e. The largest absolute Gasteiger partial charge is 0.490 e. The summed E-state index contributed by atoms with van der Waals surface area (Å²) in [6, 6.07) is 17.3. The Labute approximate surface area is 175 Å². The predicted octanol–water partition coefficient (Wildman–Crippen LogP) is 5.66. The first-order valence-electron chi connectivity index (χ1n) is 9.08. The lowest BCUT2D eigenvalue weighted by Crippen LogP contribution is -2.13. The number of nitrogens with zero attached hydrogens (tertiary/aromatic N) is 1. The molecule has 3 rings (SSSR count). The molecule has 28 heavy (non-hydrogen) atoms. The van der Waals surface area contributed by atoms with Crippen LogP contribution in [0.2, 0.25) is 10.0 Å². The molecular weight excluding hydrogens is 395 g/mol. The zero-order valence-electron chi connectivity index (χ0n) is 15.6. The molecule has 0 fully saturated rings. The summed E-state index contributed by atoms with van der Waals surface area (Å²) in [6.45, 7) is 4.32. The zero-order chi connectivity index (χ0) is 19.8. The molecule has 3 aromatic rings. The Morgan fingerprint density at radius 2 is 1.71 bits per heavy atom. The molecular formula is C22H22Cl2N2O2. The van der Waals surface area contributed by atoms with Gasteiger partial charge in [-0.15, -0.1) is 0 Å². The van der Waals surface area contributed by atoms with E-state index in [-0.39, 0.29) is 0 Å². The van der Waals surface area contributed by atoms with E-state index in [1.165, 1.54) is 0 Å². The highest BCUT2D eigenvalue weighted by Gasteiger charge is 2.08. The summed E-state index contributed by atoms with van der Waals surface area (Å²) in [4.78, 5) is 4.31. The molecule has 1 N–H and O–H groups in total. The number of ether oxygens (including phenoxy) is 2. The highest BCUT2D eigenvalue weighted by molar-refractivity contribution is 6.42. The van der Waals surface area contributed by atoms with Crippen LogP contribution in [-0.2, 0) is 19.7 Å². The van der Waals surface area contributed by atoms with Gasteiger partial charge in [-0.2, -0.15) is 0 Å². The van der Waals surface area contributed by atoms with Crippen molar-refractivity contribution in [3.05, 3.63) is 87.7 Å². The molecule has 0 spiro atoms. The number of rotatable bonds is 9. The molecule has 0 saturated heterocycles. The number of pyridine rings is 1. The molecule has 146 valence electrons. The van der Waals surface area contributed by atoms with Crippen LogP contribution in [0.25, 0.3) is 0 Å². The molecule has 0 atom stereocenters. The molecule has 0 aliphatic heterocycles. The average molecular weight is 417 g/mol. The van der Waals surface area contributed by atoms with Gasteiger partial charge in [0.05, 0.1) is 22.3 Å². The first-order chi connectivity index (χ1) is 13.7. The van der Waals surface area contributed by atoms with Crippen molar-refractivity contribution in [1.82, 2.24) is 10.3 Å². The Morgan fingerprint density at radius 3 is 2.46 bits per heavy atom. The standard InChI is InChI=1S/C22H22Cl2N2O2/c1-2-27-22-12-16(13-25-14-18-5-3-4-10-26-18)7-9-21(22)28-15-17-6-8-19(23)20(24)11-17/h3-12,25H,2,13-15H2,1H3. The van der Waals surface area contributed by atoms with Crippen LogP contribution in [0.3, 0.4) is 0 Å². The van der Waals surface area contributed by atoms with Gasteiger partial charge in [0.2, 0.25) is 0 Å². The summed E-state index contributed by atoms with van der Waals surface area (Å²) in [5, 5.41) is 4.44. The van der Waals surface area contributed by atoms with E-state index in [4.69, 9.17) is 32.7 Å². The first kappa shape index (κ1) is 20.5. The van der Waals surface area contributed by atoms with Crippen molar-refractivity contribution in [2.45, 2.75) is 26.6 Å². The number of aromatic nitrogens is 1. The van der Waals surface area contributed by atoms with Gasteiger partial charge in [-0.25, -0.2) is 0 Å². The second kappa shape index (κ2) is 10.3. The highest BCUT2D eigenvalue weighted by Crippen LogP contribution is 2.30. The summed E-state index contributed by atoms with van der Waals surface area (Å²) < 4.78 is 11.7. The Bertz CT molecular complexity index is 904. The molecule has 0 saturated carbocycles. The van der Waals surface area contributed by atoms with Crippen LogP contribution in [0.5, 0.6) is 11.5 Å². The van der Waals surface area contributed by atoms with Crippen LogP contribution >= 0.6 is 23.2 Å². The third-order valence-electron chi connectivity index (χ3n) is 4.05. The van der Waals surface area contributed by atoms with Crippen molar-refractivity contribution in [3.8, 4) is 11.5 Å². The topological polar surface area (TPSA) is 43.4 Å². The molecule has 4 nitrogen and oxygen atoms in total. The minimum atomic E-state index is 0.383. The summed E-state index contributed by atoms with van der Waals surface area (Å²) in [5.41, 5.74) is 3.06. The van der Waals surface area contributed by atoms with Gasteiger partial charge in [0, 0.05) is 19.3 Å². The summed E-state index contributed by atoms with van der Waals surface area (Å²) in [6.07, 6.45) is 1.80. The van der Waals surface area contributed by atoms with Gasteiger partial charge in [0.25, 0.3) is 0 Å². The maximum absolute atomic E-state index is 6.07. The van der Waals surface area contributed by atoms with Gasteiger partial charge in [-0.1, -0.05) is 41.4 Å². The maximum Gasteiger partial charge on any atom is 0.161 e. The Kier molecular flexibility index (Phi) is 7.54. The van der Waals surface area contributed by atoms with Crippen molar-refractivity contribution in [1.29, 1.82) is 0 Å². The van der Waals surface area contributed by atoms with Gasteiger partial charge in [-0.3, -0.25) is 4.98 Å². The van der Waals surface area contributed by atoms with Crippen molar-refractivity contribution in [3.63, 3.8) is 0 Å². The number of hydrogen-bond donors (Lipinski definition) is 1. The van der Waals surface area contributed by atoms with Gasteiger partial charge in [0.15, 0.2) is 11.5 Å². The van der Waals surface area contributed by atoms with E-state index in [0.717, 1.165) is 22.6 Å². The predicted molar refractivity (Wildman–Crippen MR) is 113 cm³/mol. The minimum Gasteiger partial charge on any atom is -0.490 e. The monoisotopic (exact) mass is 416 g/mol. The molecule has 0 bridgehead atoms. The summed E-state index contributed by atoms with van der Waals surface area (Å²) >= 11 is 12.0. The Morgan fingerprint density at radius 1 is 0.857 bits per heavy atom. The van der Waals surface area contributed by atoms with E-state index in [0.29, 0.717) is 42.1 Å². The van der Waals surface area contributed by atoms with Crippen LogP contribution in [0.1, 0.15) is 23.7 Å². The number of benzene rings is 2. The summed E-state index contributed by atoms with van der Waals surface area (Å²) in [5.74, 6) is 1.42. The summed E-state index contributed by atoms with van der Waals surface area (Å²) in [7, 11) is 0. The SMILES string of the molecule is CCOc1cc(CNCc2ccccn2)ccc1OCc1ccc(Cl)c(Cl)c1. The molecule has 0 aliphatic rings. The molecule has 6 heteroatoms. The fourth-order valence-electron chi connectivity index (χ4n) is 2.68. The van der Waals surface area contributed by atoms with Gasteiger partial charge < -0.3 is 14.8 Å². The van der Waals surface area contributed by atoms with Crippen molar-refractivity contribution in [2.24, 2.45) is 0 Å². The van der Waals surface area contributed by atoms with Crippen LogP contribution in [0, 0.1) is 0 Å². The average Bonchev–Trinajstić information content (AvgIpc) is 2.71. The molecule has 1 heterocycles. The fraction of sp³-hybridized carbons (Fsp3) is 0.227. The quantitative estimate of drug-likeness (QED) is 0.488. The lowest BCUT2D eigenvalue weighted by Gasteiger charge is -2.14. The third-order valence-corrected chi connectivity index (χ3v) is 4.79. The molecule has 0 radical (unpaired) electrons. The lowest BCUT2D eigenvalue weighted by molar-refractivity contribution is 0.269. The Hall–Kier alpha value is -2.27. The molecule has 0 unspecified atom stereocenters. The minimum absolute atomic E-state index is 0.383. The van der Waals surface area contributed by atoms with Crippen LogP contribution in [0.15, 0.2) is 60.8 Å². The van der Waals surface area contributed by atoms with Crippen molar-refractivity contribution in [2.75, 3.05) is 6.61 Å². The van der Waals surface area contributed by atoms with Crippen molar-refractivity contribution >= 4 is 23.2 Å².